The first kappa shape index (κ1) is 36.0. The number of nitrogens with one attached hydrogen (secondary N) is 1. The van der Waals surface area contributed by atoms with Gasteiger partial charge in [0.15, 0.2) is 0 Å². The molecule has 3 fully saturated rings. The van der Waals surface area contributed by atoms with E-state index in [-0.39, 0.29) is 43.9 Å². The highest BCUT2D eigenvalue weighted by Crippen LogP contribution is 2.59. The van der Waals surface area contributed by atoms with Crippen molar-refractivity contribution in [1.82, 2.24) is 10.2 Å². The van der Waals surface area contributed by atoms with Gasteiger partial charge >= 0.3 is 5.97 Å². The number of fused-ring (bicyclic) bond motifs is 2. The second-order valence-electron chi connectivity index (χ2n) is 14.0. The molecule has 3 amide bonds. The van der Waals surface area contributed by atoms with Gasteiger partial charge in [-0.15, -0.1) is 13.2 Å². The van der Waals surface area contributed by atoms with Gasteiger partial charge in [0.05, 0.1) is 36.6 Å². The highest BCUT2D eigenvalue weighted by molar-refractivity contribution is 6.06. The number of ether oxygens (including phenoxy) is 2. The van der Waals surface area contributed by atoms with E-state index in [0.29, 0.717) is 24.9 Å². The van der Waals surface area contributed by atoms with Crippen LogP contribution in [0.3, 0.4) is 0 Å². The third-order valence-electron chi connectivity index (χ3n) is 10.7. The first-order chi connectivity index (χ1) is 24.6. The number of hydrogen-bond donors (Lipinski definition) is 2. The summed E-state index contributed by atoms with van der Waals surface area (Å²) in [6.07, 6.45) is 4.22. The van der Waals surface area contributed by atoms with Crippen molar-refractivity contribution in [3.63, 3.8) is 0 Å². The van der Waals surface area contributed by atoms with Crippen LogP contribution in [0.5, 0.6) is 0 Å². The summed E-state index contributed by atoms with van der Waals surface area (Å²) in [6.45, 7) is 11.1. The molecule has 10 nitrogen and oxygen atoms in total. The molecule has 3 aromatic rings. The molecule has 2 bridgehead atoms. The molecule has 10 heteroatoms. The molecule has 51 heavy (non-hydrogen) atoms. The normalized spacial score (nSPS) is 24.6. The maximum Gasteiger partial charge on any atom is 0.306 e. The molecule has 1 spiro atoms. The quantitative estimate of drug-likeness (QED) is 0.167. The lowest BCUT2D eigenvalue weighted by Crippen LogP contribution is -2.59. The number of likely N-dealkylation sites (tertiary alicyclic amines) is 1. The molecule has 2 N–H and O–H groups in total. The summed E-state index contributed by atoms with van der Waals surface area (Å²) < 4.78 is 12.3. The zero-order valence-electron chi connectivity index (χ0n) is 29.3. The number of esters is 1. The number of hydrogen-bond acceptors (Lipinski definition) is 7. The smallest absolute Gasteiger partial charge is 0.306 e. The van der Waals surface area contributed by atoms with Crippen molar-refractivity contribution in [1.29, 1.82) is 0 Å². The third-order valence-corrected chi connectivity index (χ3v) is 10.7. The molecule has 268 valence electrons. The highest BCUT2D eigenvalue weighted by Gasteiger charge is 2.75. The summed E-state index contributed by atoms with van der Waals surface area (Å²) in [6, 6.07) is 20.4. The average Bonchev–Trinajstić information content (AvgIpc) is 3.79. The number of benzene rings is 3. The fourth-order valence-corrected chi connectivity index (χ4v) is 8.23. The summed E-state index contributed by atoms with van der Waals surface area (Å²) in [7, 11) is 0. The first-order valence-electron chi connectivity index (χ1n) is 17.8. The molecule has 0 aliphatic carbocycles. The van der Waals surface area contributed by atoms with Crippen molar-refractivity contribution in [2.75, 3.05) is 24.7 Å². The van der Waals surface area contributed by atoms with Gasteiger partial charge in [0.1, 0.15) is 18.2 Å². The number of nitrogens with zero attached hydrogens (tertiary/aromatic N) is 2. The number of carbonyl (C=O) groups is 4. The number of allylic oxidation sites excluding steroid dienone is 1. The molecule has 6 rings (SSSR count). The van der Waals surface area contributed by atoms with E-state index in [1.807, 2.05) is 86.6 Å². The van der Waals surface area contributed by atoms with Gasteiger partial charge in [-0.25, -0.2) is 0 Å². The van der Waals surface area contributed by atoms with Crippen LogP contribution in [0.2, 0.25) is 0 Å². The highest BCUT2D eigenvalue weighted by atomic mass is 16.5. The Morgan fingerprint density at radius 2 is 1.78 bits per heavy atom. The van der Waals surface area contributed by atoms with Gasteiger partial charge in [0.25, 0.3) is 5.91 Å². The summed E-state index contributed by atoms with van der Waals surface area (Å²) in [4.78, 5) is 59.7. The van der Waals surface area contributed by atoms with Crippen molar-refractivity contribution < 1.29 is 33.8 Å². The fraction of sp³-hybridized carbons (Fsp3) is 0.415. The van der Waals surface area contributed by atoms with E-state index in [2.05, 4.69) is 18.5 Å². The summed E-state index contributed by atoms with van der Waals surface area (Å²) in [5.74, 6) is -3.59. The number of amides is 3. The topological polar surface area (TPSA) is 125 Å². The molecule has 3 aromatic carbocycles. The molecule has 0 radical (unpaired) electrons. The van der Waals surface area contributed by atoms with Crippen LogP contribution in [0.1, 0.15) is 51.1 Å². The van der Waals surface area contributed by atoms with E-state index in [0.717, 1.165) is 16.3 Å². The van der Waals surface area contributed by atoms with Crippen molar-refractivity contribution in [2.45, 2.75) is 69.4 Å². The Kier molecular flexibility index (Phi) is 10.7. The molecule has 3 aliphatic heterocycles. The minimum absolute atomic E-state index is 0.0941. The second-order valence-corrected chi connectivity index (χ2v) is 14.0. The molecular formula is C41H47N3O7. The lowest BCUT2D eigenvalue weighted by molar-refractivity contribution is -0.147. The number of aliphatic hydroxyl groups is 1. The third kappa shape index (κ3) is 6.70. The van der Waals surface area contributed by atoms with Crippen LogP contribution in [0, 0.1) is 17.8 Å². The largest absolute Gasteiger partial charge is 0.463 e. The van der Waals surface area contributed by atoms with E-state index in [4.69, 9.17) is 9.47 Å². The van der Waals surface area contributed by atoms with E-state index in [9.17, 15) is 19.5 Å². The van der Waals surface area contributed by atoms with Crippen molar-refractivity contribution in [2.24, 2.45) is 17.8 Å². The fourth-order valence-electron chi connectivity index (χ4n) is 8.23. The number of carbonyl (C=O) groups excluding carboxylic acids is 4. The van der Waals surface area contributed by atoms with Crippen LogP contribution < -0.4 is 10.2 Å². The predicted octanol–water partition coefficient (Wildman–Crippen LogP) is 5.12. The molecule has 3 saturated heterocycles. The number of anilines is 1. The Bertz CT molecular complexity index is 1790. The second kappa shape index (κ2) is 15.2. The van der Waals surface area contributed by atoms with E-state index in [1.54, 1.807) is 17.1 Å². The van der Waals surface area contributed by atoms with Crippen molar-refractivity contribution in [3.8, 4) is 0 Å². The van der Waals surface area contributed by atoms with Crippen molar-refractivity contribution in [3.05, 3.63) is 104 Å². The molecular weight excluding hydrogens is 646 g/mol. The summed E-state index contributed by atoms with van der Waals surface area (Å²) in [5, 5.41) is 15.7. The van der Waals surface area contributed by atoms with E-state index in [1.165, 1.54) is 4.90 Å². The molecule has 7 atom stereocenters. The predicted molar refractivity (Wildman–Crippen MR) is 194 cm³/mol. The number of aliphatic hydroxyl groups excluding tert-OH is 1. The monoisotopic (exact) mass is 693 g/mol. The van der Waals surface area contributed by atoms with Gasteiger partial charge in [-0.2, -0.15) is 0 Å². The van der Waals surface area contributed by atoms with Gasteiger partial charge in [-0.1, -0.05) is 86.7 Å². The summed E-state index contributed by atoms with van der Waals surface area (Å²) >= 11 is 0. The standard InChI is InChI=1S/C41H47N3O7/c1-5-7-17-34(46)50-25-31(28-14-9-8-10-15-28)42-38(47)35-33-20-21-41(51-33)36(35)39(48)44(32(24-45)26(3)4)37(41)40(49)43(22-6-2)30-19-18-27-13-11-12-16-29(27)23-30/h5-6,8-16,18-19,23,26,31-33,35-37,45H,1-2,7,17,20-22,24-25H2,3-4H3,(H,42,47)/t31-,32+,33-,35+,36+,37-,41+/m1/s1. The number of rotatable bonds is 15. The Morgan fingerprint density at radius 1 is 1.06 bits per heavy atom. The zero-order chi connectivity index (χ0) is 36.3. The molecule has 0 aromatic heterocycles. The van der Waals surface area contributed by atoms with Crippen LogP contribution in [0.25, 0.3) is 10.8 Å². The van der Waals surface area contributed by atoms with E-state index >= 15 is 4.79 Å². The maximum absolute atomic E-state index is 15.0. The Balaban J connectivity index is 1.35. The average molecular weight is 694 g/mol. The minimum Gasteiger partial charge on any atom is -0.463 e. The Labute approximate surface area is 299 Å². The van der Waals surface area contributed by atoms with Crippen LogP contribution in [-0.4, -0.2) is 77.2 Å². The van der Waals surface area contributed by atoms with Gasteiger partial charge in [-0.05, 0) is 53.6 Å². The van der Waals surface area contributed by atoms with Gasteiger partial charge in [0, 0.05) is 18.7 Å². The van der Waals surface area contributed by atoms with Gasteiger partial charge < -0.3 is 29.7 Å². The van der Waals surface area contributed by atoms with Crippen LogP contribution in [0.15, 0.2) is 98.1 Å². The van der Waals surface area contributed by atoms with Crippen LogP contribution >= 0.6 is 0 Å². The van der Waals surface area contributed by atoms with Gasteiger partial charge in [-0.3, -0.25) is 19.2 Å². The van der Waals surface area contributed by atoms with E-state index < -0.39 is 53.5 Å². The van der Waals surface area contributed by atoms with Crippen LogP contribution in [0.4, 0.5) is 5.69 Å². The zero-order valence-corrected chi connectivity index (χ0v) is 29.3. The molecule has 0 unspecified atom stereocenters. The lowest BCUT2D eigenvalue weighted by atomic mass is 9.70. The lowest BCUT2D eigenvalue weighted by Gasteiger charge is -2.40. The SMILES string of the molecule is C=CCCC(=O)OC[C@@H](NC(=O)[C@@H]1[C@H]2C(=O)N([C@@H](CO)C(C)C)[C@H](C(=O)N(CC=C)c3ccc4ccccc4c3)[C@]23CC[C@H]1O3)c1ccccc1. The Morgan fingerprint density at radius 3 is 2.47 bits per heavy atom. The van der Waals surface area contributed by atoms with Gasteiger partial charge in [0.2, 0.25) is 11.8 Å². The minimum atomic E-state index is -1.28. The Hall–Kier alpha value is -4.80. The maximum atomic E-state index is 15.0. The van der Waals surface area contributed by atoms with Crippen LogP contribution in [-0.2, 0) is 28.7 Å². The van der Waals surface area contributed by atoms with Crippen molar-refractivity contribution >= 4 is 40.2 Å². The molecule has 3 aliphatic rings. The molecule has 3 heterocycles. The first-order valence-corrected chi connectivity index (χ1v) is 17.8. The molecule has 0 saturated carbocycles. The summed E-state index contributed by atoms with van der Waals surface area (Å²) in [5.41, 5.74) is 0.106.